The van der Waals surface area contributed by atoms with Crippen molar-refractivity contribution in [3.8, 4) is 18.2 Å². The van der Waals surface area contributed by atoms with E-state index in [0.29, 0.717) is 17.2 Å². The molecule has 8 rings (SSSR count). The Hall–Kier alpha value is -4.82. The number of nitrogens with one attached hydrogen (secondary N) is 3. The van der Waals surface area contributed by atoms with Gasteiger partial charge in [-0.25, -0.2) is 29.9 Å². The maximum atomic E-state index is 9.16. The van der Waals surface area contributed by atoms with Crippen LogP contribution in [0.5, 0.6) is 0 Å². The summed E-state index contributed by atoms with van der Waals surface area (Å²) >= 11 is 5.43. The van der Waals surface area contributed by atoms with Gasteiger partial charge in [0.25, 0.3) is 0 Å². The Bertz CT molecular complexity index is 1670. The summed E-state index contributed by atoms with van der Waals surface area (Å²) in [6, 6.07) is 5.99. The highest BCUT2D eigenvalue weighted by Crippen LogP contribution is 2.43. The van der Waals surface area contributed by atoms with Crippen LogP contribution in [0.25, 0.3) is 0 Å². The van der Waals surface area contributed by atoms with Gasteiger partial charge in [-0.1, -0.05) is 23.8 Å². The van der Waals surface area contributed by atoms with E-state index in [1.165, 1.54) is 31.8 Å². The topological polar surface area (TPSA) is 195 Å². The molecule has 2 aliphatic carbocycles. The van der Waals surface area contributed by atoms with Gasteiger partial charge in [0.05, 0.1) is 0 Å². The first-order valence-corrected chi connectivity index (χ1v) is 17.8. The van der Waals surface area contributed by atoms with E-state index in [4.69, 9.17) is 27.4 Å². The zero-order chi connectivity index (χ0) is 35.7. The van der Waals surface area contributed by atoms with Crippen LogP contribution < -0.4 is 25.8 Å². The third-order valence-corrected chi connectivity index (χ3v) is 9.56. The summed E-state index contributed by atoms with van der Waals surface area (Å²) in [5.74, 6) is 3.99. The number of allylic oxidation sites excluding steroid dienone is 2. The highest BCUT2D eigenvalue weighted by atomic mass is 35.5. The van der Waals surface area contributed by atoms with Gasteiger partial charge in [0.2, 0.25) is 0 Å². The molecule has 0 aromatic carbocycles. The molecule has 5 aliphatic rings. The van der Waals surface area contributed by atoms with Gasteiger partial charge < -0.3 is 25.8 Å². The van der Waals surface area contributed by atoms with Gasteiger partial charge in [-0.3, -0.25) is 4.90 Å². The minimum atomic E-state index is 0.153. The fourth-order valence-corrected chi connectivity index (χ4v) is 6.88. The molecule has 0 amide bonds. The predicted molar refractivity (Wildman–Crippen MR) is 194 cm³/mol. The average molecular weight is 710 g/mol. The zero-order valence-corrected chi connectivity index (χ0v) is 29.5. The van der Waals surface area contributed by atoms with E-state index in [9.17, 15) is 0 Å². The summed E-state index contributed by atoms with van der Waals surface area (Å²) in [5, 5.41) is 36.1. The first-order valence-electron chi connectivity index (χ1n) is 17.4. The van der Waals surface area contributed by atoms with Crippen LogP contribution in [0.4, 0.5) is 11.6 Å². The largest absolute Gasteiger partial charge is 0.352 e. The van der Waals surface area contributed by atoms with Crippen molar-refractivity contribution in [1.29, 1.82) is 15.8 Å². The van der Waals surface area contributed by atoms with Crippen molar-refractivity contribution in [2.45, 2.75) is 12.8 Å². The molecular weight excluding hydrogens is 666 g/mol. The molecule has 3 N–H and O–H groups in total. The number of fused-ring (bicyclic) bond motifs is 2. The fourth-order valence-electron chi connectivity index (χ4n) is 6.74. The smallest absolute Gasteiger partial charge is 0.183 e. The van der Waals surface area contributed by atoms with E-state index in [1.807, 2.05) is 0 Å². The van der Waals surface area contributed by atoms with E-state index >= 15 is 0 Å². The molecular formula is C35H44ClN15. The lowest BCUT2D eigenvalue weighted by atomic mass is 9.93. The molecule has 51 heavy (non-hydrogen) atoms. The van der Waals surface area contributed by atoms with Crippen LogP contribution in [0.1, 0.15) is 29.9 Å². The molecule has 0 radical (unpaired) electrons. The van der Waals surface area contributed by atoms with Crippen LogP contribution in [0.3, 0.4) is 0 Å². The number of piperazine rings is 3. The van der Waals surface area contributed by atoms with Crippen LogP contribution in [-0.4, -0.2) is 120 Å². The summed E-state index contributed by atoms with van der Waals surface area (Å²) < 4.78 is 0. The molecule has 3 aromatic rings. The number of halogens is 1. The molecule has 6 heterocycles. The Labute approximate surface area is 304 Å². The lowest BCUT2D eigenvalue weighted by Crippen LogP contribution is -2.48. The van der Waals surface area contributed by atoms with Gasteiger partial charge in [-0.15, -0.1) is 0 Å². The number of hydrogen-bond acceptors (Lipinski definition) is 15. The SMILES string of the molecule is C1CNCCN1.N#Cc1nccnc1Cl.N#Cc1nccnc1N1CCN(CC2CC3C=CC2C3)CC1.N#Cc1nccnc1N1CCNCC1. The molecule has 16 heteroatoms. The third kappa shape index (κ3) is 11.1. The standard InChI is InChI=1S/C17H21N5.C9H11N5.C5H2ClN3.C4H10N2/c18-11-16-17(20-4-3-19-16)22-7-5-21(6-8-22)12-15-10-13-1-2-14(15)9-13;10-7-8-9(13-2-1-12-8)14-5-3-11-4-6-14;6-5-4(3-7)8-1-2-9-5;1-2-6-4-3-5-1/h1-4,13-15H,5-10,12H2;1-2,11H,3-6H2;1-2H;5-6H,1-4H2. The van der Waals surface area contributed by atoms with E-state index < -0.39 is 0 Å². The Morgan fingerprint density at radius 3 is 1.53 bits per heavy atom. The number of rotatable bonds is 4. The molecule has 1 saturated carbocycles. The Kier molecular flexibility index (Phi) is 14.8. The van der Waals surface area contributed by atoms with Gasteiger partial charge in [-0.05, 0) is 30.6 Å². The van der Waals surface area contributed by atoms with Crippen molar-refractivity contribution in [3.05, 3.63) is 71.6 Å². The average Bonchev–Trinajstić information content (AvgIpc) is 3.84. The molecule has 0 spiro atoms. The predicted octanol–water partition coefficient (Wildman–Crippen LogP) is 1.62. The van der Waals surface area contributed by atoms with E-state index in [2.05, 4.69) is 84.8 Å². The molecule has 2 bridgehead atoms. The van der Waals surface area contributed by atoms with Gasteiger partial charge >= 0.3 is 0 Å². The summed E-state index contributed by atoms with van der Waals surface area (Å²) in [6.07, 6.45) is 16.9. The van der Waals surface area contributed by atoms with Crippen molar-refractivity contribution in [2.75, 3.05) is 94.9 Å². The van der Waals surface area contributed by atoms with Crippen molar-refractivity contribution in [3.63, 3.8) is 0 Å². The molecule has 4 fully saturated rings. The first-order chi connectivity index (χ1) is 25.1. The van der Waals surface area contributed by atoms with Gasteiger partial charge in [0.1, 0.15) is 18.2 Å². The maximum Gasteiger partial charge on any atom is 0.183 e. The Morgan fingerprint density at radius 1 is 0.588 bits per heavy atom. The lowest BCUT2D eigenvalue weighted by molar-refractivity contribution is 0.204. The van der Waals surface area contributed by atoms with E-state index in [1.54, 1.807) is 30.9 Å². The minimum absolute atomic E-state index is 0.153. The van der Waals surface area contributed by atoms with Crippen molar-refractivity contribution < 1.29 is 0 Å². The molecule has 3 saturated heterocycles. The van der Waals surface area contributed by atoms with Crippen LogP contribution in [0, 0.1) is 51.7 Å². The summed E-state index contributed by atoms with van der Waals surface area (Å²) in [4.78, 5) is 30.8. The minimum Gasteiger partial charge on any atom is -0.352 e. The van der Waals surface area contributed by atoms with Crippen LogP contribution in [0.15, 0.2) is 49.3 Å². The van der Waals surface area contributed by atoms with Crippen LogP contribution in [-0.2, 0) is 0 Å². The summed E-state index contributed by atoms with van der Waals surface area (Å²) in [5.41, 5.74) is 1.02. The van der Waals surface area contributed by atoms with Gasteiger partial charge in [0.15, 0.2) is 33.9 Å². The quantitative estimate of drug-likeness (QED) is 0.331. The van der Waals surface area contributed by atoms with Crippen LogP contribution in [0.2, 0.25) is 5.15 Å². The number of aromatic nitrogens is 6. The molecule has 3 aromatic heterocycles. The Morgan fingerprint density at radius 2 is 1.08 bits per heavy atom. The zero-order valence-electron chi connectivity index (χ0n) is 28.7. The van der Waals surface area contributed by atoms with E-state index in [-0.39, 0.29) is 10.8 Å². The second kappa shape index (κ2) is 20.1. The van der Waals surface area contributed by atoms with Crippen LogP contribution >= 0.6 is 11.6 Å². The second-order valence-electron chi connectivity index (χ2n) is 12.6. The molecule has 3 unspecified atom stereocenters. The lowest BCUT2D eigenvalue weighted by Gasteiger charge is -2.37. The normalized spacial score (nSPS) is 22.0. The molecule has 266 valence electrons. The number of hydrogen-bond donors (Lipinski definition) is 3. The molecule has 3 aliphatic heterocycles. The van der Waals surface area contributed by atoms with Gasteiger partial charge in [-0.2, -0.15) is 15.8 Å². The summed E-state index contributed by atoms with van der Waals surface area (Å²) in [7, 11) is 0. The summed E-state index contributed by atoms with van der Waals surface area (Å²) in [6.45, 7) is 13.4. The number of anilines is 2. The first kappa shape index (κ1) is 37.4. The molecule has 3 atom stereocenters. The fraction of sp³-hybridized carbons (Fsp3) is 0.514. The highest BCUT2D eigenvalue weighted by molar-refractivity contribution is 6.30. The third-order valence-electron chi connectivity index (χ3n) is 9.28. The van der Waals surface area contributed by atoms with Crippen molar-refractivity contribution in [1.82, 2.24) is 50.8 Å². The monoisotopic (exact) mass is 709 g/mol. The molecule has 15 nitrogen and oxygen atoms in total. The number of nitrogens with zero attached hydrogens (tertiary/aromatic N) is 12. The van der Waals surface area contributed by atoms with Gasteiger partial charge in [0, 0.05) is 122 Å². The Balaban J connectivity index is 0.000000148. The second-order valence-corrected chi connectivity index (χ2v) is 12.9. The number of nitriles is 3. The highest BCUT2D eigenvalue weighted by Gasteiger charge is 2.36. The van der Waals surface area contributed by atoms with Crippen molar-refractivity contribution in [2.24, 2.45) is 17.8 Å². The maximum absolute atomic E-state index is 9.16. The van der Waals surface area contributed by atoms with Crippen molar-refractivity contribution >= 4 is 23.2 Å². The van der Waals surface area contributed by atoms with E-state index in [0.717, 1.165) is 102 Å².